The van der Waals surface area contributed by atoms with Crippen LogP contribution in [0, 0.1) is 0 Å². The van der Waals surface area contributed by atoms with Crippen LogP contribution in [0.2, 0.25) is 0 Å². The van der Waals surface area contributed by atoms with Crippen LogP contribution in [0.1, 0.15) is 38.2 Å². The summed E-state index contributed by atoms with van der Waals surface area (Å²) in [6.07, 6.45) is 0.785. The number of para-hydroxylation sites is 1. The third-order valence-electron chi connectivity index (χ3n) is 3.31. The molecule has 0 radical (unpaired) electrons. The summed E-state index contributed by atoms with van der Waals surface area (Å²) in [5.41, 5.74) is -0.231. The molecule has 2 aromatic rings. The monoisotopic (exact) mass is 260 g/mol. The fraction of sp³-hybridized carbons (Fsp3) is 0.333. The molecule has 0 saturated carbocycles. The van der Waals surface area contributed by atoms with Crippen molar-refractivity contribution < 1.29 is 14.3 Å². The largest absolute Gasteiger partial charge is 0.507 e. The highest BCUT2D eigenvalue weighted by Gasteiger charge is 2.26. The number of carbonyl (C=O) groups excluding carboxylic acids is 1. The molecule has 0 spiro atoms. The maximum atomic E-state index is 12.0. The van der Waals surface area contributed by atoms with E-state index >= 15 is 0 Å². The van der Waals surface area contributed by atoms with Gasteiger partial charge in [-0.3, -0.25) is 4.79 Å². The highest BCUT2D eigenvalue weighted by Crippen LogP contribution is 2.32. The summed E-state index contributed by atoms with van der Waals surface area (Å²) in [4.78, 5) is 23.9. The van der Waals surface area contributed by atoms with Gasteiger partial charge in [-0.1, -0.05) is 26.0 Å². The number of Topliss-reactive ketones (excluding diaryl/α,β-unsaturated/α-hetero) is 1. The van der Waals surface area contributed by atoms with Crippen LogP contribution in [0.25, 0.3) is 11.0 Å². The van der Waals surface area contributed by atoms with E-state index in [-0.39, 0.29) is 17.1 Å². The van der Waals surface area contributed by atoms with Crippen molar-refractivity contribution in [1.82, 2.24) is 0 Å². The van der Waals surface area contributed by atoms with Gasteiger partial charge < -0.3 is 9.52 Å². The Balaban J connectivity index is 2.72. The standard InChI is InChI=1S/C15H16O4/c1-3-9(11(16)4-2)13-14(17)10-7-5-6-8-12(10)19-15(13)18/h5-9,17H,3-4H2,1-2H3. The molecule has 2 rings (SSSR count). The van der Waals surface area contributed by atoms with Crippen LogP contribution in [0.15, 0.2) is 33.5 Å². The summed E-state index contributed by atoms with van der Waals surface area (Å²) in [6, 6.07) is 6.75. The first-order valence-electron chi connectivity index (χ1n) is 6.37. The van der Waals surface area contributed by atoms with Crippen molar-refractivity contribution >= 4 is 16.8 Å². The second kappa shape index (κ2) is 5.26. The fourth-order valence-corrected chi connectivity index (χ4v) is 2.29. The lowest BCUT2D eigenvalue weighted by molar-refractivity contribution is -0.120. The number of fused-ring (bicyclic) bond motifs is 1. The molecule has 1 N–H and O–H groups in total. The molecule has 0 saturated heterocycles. The Morgan fingerprint density at radius 1 is 1.32 bits per heavy atom. The number of aromatic hydroxyl groups is 1. The lowest BCUT2D eigenvalue weighted by atomic mass is 9.90. The summed E-state index contributed by atoms with van der Waals surface area (Å²) in [5, 5.41) is 10.7. The summed E-state index contributed by atoms with van der Waals surface area (Å²) >= 11 is 0. The molecule has 1 atom stereocenters. The van der Waals surface area contributed by atoms with Gasteiger partial charge in [0, 0.05) is 6.42 Å². The van der Waals surface area contributed by atoms with Gasteiger partial charge in [-0.05, 0) is 18.6 Å². The molecule has 1 aromatic heterocycles. The smallest absolute Gasteiger partial charge is 0.343 e. The first-order chi connectivity index (χ1) is 9.10. The SMILES string of the molecule is CCC(=O)C(CC)c1c(O)c2ccccc2oc1=O. The van der Waals surface area contributed by atoms with Gasteiger partial charge in [0.15, 0.2) is 0 Å². The van der Waals surface area contributed by atoms with Gasteiger partial charge in [-0.25, -0.2) is 4.79 Å². The average molecular weight is 260 g/mol. The molecule has 1 aromatic carbocycles. The highest BCUT2D eigenvalue weighted by atomic mass is 16.4. The Hall–Kier alpha value is -2.10. The Labute approximate surface area is 110 Å². The van der Waals surface area contributed by atoms with Crippen molar-refractivity contribution in [2.75, 3.05) is 0 Å². The maximum Gasteiger partial charge on any atom is 0.343 e. The fourth-order valence-electron chi connectivity index (χ4n) is 2.29. The zero-order chi connectivity index (χ0) is 14.0. The average Bonchev–Trinajstić information content (AvgIpc) is 2.42. The minimum atomic E-state index is -0.634. The summed E-state index contributed by atoms with van der Waals surface area (Å²) in [5.74, 6) is -0.813. The number of hydrogen-bond donors (Lipinski definition) is 1. The quantitative estimate of drug-likeness (QED) is 0.858. The minimum Gasteiger partial charge on any atom is -0.507 e. The van der Waals surface area contributed by atoms with E-state index in [0.29, 0.717) is 23.8 Å². The molecular formula is C15H16O4. The molecule has 0 aliphatic rings. The third-order valence-corrected chi connectivity index (χ3v) is 3.31. The zero-order valence-electron chi connectivity index (χ0n) is 11.0. The van der Waals surface area contributed by atoms with Crippen molar-refractivity contribution in [2.45, 2.75) is 32.6 Å². The number of carbonyl (C=O) groups is 1. The van der Waals surface area contributed by atoms with E-state index in [1.165, 1.54) is 0 Å². The van der Waals surface area contributed by atoms with E-state index in [0.717, 1.165) is 0 Å². The van der Waals surface area contributed by atoms with E-state index in [1.807, 2.05) is 6.92 Å². The van der Waals surface area contributed by atoms with Crippen molar-refractivity contribution in [3.63, 3.8) is 0 Å². The summed E-state index contributed by atoms with van der Waals surface area (Å²) < 4.78 is 5.18. The van der Waals surface area contributed by atoms with Crippen molar-refractivity contribution in [2.24, 2.45) is 0 Å². The molecule has 0 amide bonds. The van der Waals surface area contributed by atoms with Crippen LogP contribution in [0.4, 0.5) is 0 Å². The Morgan fingerprint density at radius 2 is 2.00 bits per heavy atom. The molecule has 0 aliphatic heterocycles. The molecule has 0 aliphatic carbocycles. The van der Waals surface area contributed by atoms with Crippen LogP contribution in [0.3, 0.4) is 0 Å². The predicted octanol–water partition coefficient (Wildman–Crippen LogP) is 2.97. The van der Waals surface area contributed by atoms with Gasteiger partial charge in [-0.15, -0.1) is 0 Å². The first-order valence-corrected chi connectivity index (χ1v) is 6.37. The van der Waals surface area contributed by atoms with Crippen molar-refractivity contribution in [1.29, 1.82) is 0 Å². The molecule has 0 bridgehead atoms. The summed E-state index contributed by atoms with van der Waals surface area (Å²) in [7, 11) is 0. The molecule has 100 valence electrons. The zero-order valence-corrected chi connectivity index (χ0v) is 11.0. The van der Waals surface area contributed by atoms with Crippen LogP contribution >= 0.6 is 0 Å². The summed E-state index contributed by atoms with van der Waals surface area (Å²) in [6.45, 7) is 3.55. The number of hydrogen-bond acceptors (Lipinski definition) is 4. The Bertz CT molecular complexity index is 669. The van der Waals surface area contributed by atoms with Gasteiger partial charge in [-0.2, -0.15) is 0 Å². The highest BCUT2D eigenvalue weighted by molar-refractivity contribution is 5.90. The molecule has 1 heterocycles. The molecular weight excluding hydrogens is 244 g/mol. The van der Waals surface area contributed by atoms with Gasteiger partial charge in [0.2, 0.25) is 0 Å². The van der Waals surface area contributed by atoms with Crippen LogP contribution in [-0.2, 0) is 4.79 Å². The molecule has 4 heteroatoms. The van der Waals surface area contributed by atoms with Gasteiger partial charge >= 0.3 is 5.63 Å². The predicted molar refractivity (Wildman–Crippen MR) is 72.5 cm³/mol. The van der Waals surface area contributed by atoms with Crippen molar-refractivity contribution in [3.8, 4) is 5.75 Å². The van der Waals surface area contributed by atoms with Gasteiger partial charge in [0.1, 0.15) is 17.1 Å². The molecule has 0 fully saturated rings. The lowest BCUT2D eigenvalue weighted by Crippen LogP contribution is -2.19. The number of benzene rings is 1. The van der Waals surface area contributed by atoms with E-state index < -0.39 is 11.5 Å². The van der Waals surface area contributed by atoms with E-state index in [2.05, 4.69) is 0 Å². The second-order valence-electron chi connectivity index (χ2n) is 4.43. The topological polar surface area (TPSA) is 67.5 Å². The van der Waals surface area contributed by atoms with Gasteiger partial charge in [0.25, 0.3) is 0 Å². The van der Waals surface area contributed by atoms with E-state index in [9.17, 15) is 14.7 Å². The first kappa shape index (κ1) is 13.3. The number of rotatable bonds is 4. The van der Waals surface area contributed by atoms with E-state index in [4.69, 9.17) is 4.42 Å². The van der Waals surface area contributed by atoms with Gasteiger partial charge in [0.05, 0.1) is 16.9 Å². The molecule has 1 unspecified atom stereocenters. The maximum absolute atomic E-state index is 12.0. The Kier molecular flexibility index (Phi) is 3.69. The minimum absolute atomic E-state index is 0.0691. The molecule has 19 heavy (non-hydrogen) atoms. The van der Waals surface area contributed by atoms with Crippen LogP contribution in [0.5, 0.6) is 5.75 Å². The number of ketones is 1. The Morgan fingerprint density at radius 3 is 2.63 bits per heavy atom. The van der Waals surface area contributed by atoms with E-state index in [1.54, 1.807) is 31.2 Å². The van der Waals surface area contributed by atoms with Crippen LogP contribution in [-0.4, -0.2) is 10.9 Å². The van der Waals surface area contributed by atoms with Crippen molar-refractivity contribution in [3.05, 3.63) is 40.2 Å². The molecule has 4 nitrogen and oxygen atoms in total. The van der Waals surface area contributed by atoms with Crippen LogP contribution < -0.4 is 5.63 Å². The normalized spacial score (nSPS) is 12.5. The third kappa shape index (κ3) is 2.26. The second-order valence-corrected chi connectivity index (χ2v) is 4.43. The lowest BCUT2D eigenvalue weighted by Gasteiger charge is -2.14.